The molecule has 0 spiro atoms. The van der Waals surface area contributed by atoms with E-state index < -0.39 is 12.1 Å². The summed E-state index contributed by atoms with van der Waals surface area (Å²) in [4.78, 5) is 26.0. The van der Waals surface area contributed by atoms with Gasteiger partial charge in [-0.25, -0.2) is 4.79 Å². The van der Waals surface area contributed by atoms with Crippen LogP contribution in [0.1, 0.15) is 36.0 Å². The second-order valence-corrected chi connectivity index (χ2v) is 7.75. The van der Waals surface area contributed by atoms with Crippen molar-refractivity contribution >= 4 is 11.9 Å². The highest BCUT2D eigenvalue weighted by Crippen LogP contribution is 2.33. The summed E-state index contributed by atoms with van der Waals surface area (Å²) in [5.74, 6) is -2.72. The highest BCUT2D eigenvalue weighted by Gasteiger charge is 2.45. The molecule has 0 bridgehead atoms. The zero-order valence-electron chi connectivity index (χ0n) is 17.1. The van der Waals surface area contributed by atoms with Crippen LogP contribution in [0.4, 0.5) is 13.2 Å². The van der Waals surface area contributed by atoms with Crippen molar-refractivity contribution in [1.29, 1.82) is 0 Å². The van der Waals surface area contributed by atoms with Crippen LogP contribution >= 0.6 is 0 Å². The van der Waals surface area contributed by atoms with Crippen LogP contribution in [0.5, 0.6) is 0 Å². The quantitative estimate of drug-likeness (QED) is 0.740. The maximum atomic E-state index is 12.7. The maximum absolute atomic E-state index is 12.7. The molecule has 0 aromatic carbocycles. The molecule has 3 aliphatic rings. The first kappa shape index (κ1) is 23.6. The van der Waals surface area contributed by atoms with Gasteiger partial charge in [0.25, 0.3) is 5.91 Å². The van der Waals surface area contributed by atoms with Gasteiger partial charge < -0.3 is 28.8 Å². The van der Waals surface area contributed by atoms with Crippen LogP contribution in [0.2, 0.25) is 0 Å². The van der Waals surface area contributed by atoms with Crippen LogP contribution in [-0.4, -0.2) is 90.6 Å². The fourth-order valence-corrected chi connectivity index (χ4v) is 4.24. The minimum absolute atomic E-state index is 0.00757. The minimum Gasteiger partial charge on any atom is -0.475 e. The van der Waals surface area contributed by atoms with E-state index in [1.807, 2.05) is 4.90 Å². The summed E-state index contributed by atoms with van der Waals surface area (Å²) in [6.45, 7) is 5.38. The lowest BCUT2D eigenvalue weighted by molar-refractivity contribution is -0.192. The van der Waals surface area contributed by atoms with E-state index in [4.69, 9.17) is 23.8 Å². The number of hydrogen-bond donors (Lipinski definition) is 1. The fourth-order valence-electron chi connectivity index (χ4n) is 4.24. The standard InChI is InChI=1S/C18H26N2O4.C2HF3O2/c21-18(14-5-10-22-13-14)20-9-12-24-17-15(20)3-4-16(17)23-11-8-19-6-1-2-7-19;3-2(4,5)1(6)7/h5,10,13,15-17H,1-4,6-9,11-12H2;(H,6,7)/t15-,16+,17+;/m0./s1. The number of furan rings is 1. The average Bonchev–Trinajstić information content (AvgIpc) is 3.49. The van der Waals surface area contributed by atoms with E-state index in [9.17, 15) is 18.0 Å². The van der Waals surface area contributed by atoms with Gasteiger partial charge in [0.05, 0.1) is 37.2 Å². The Balaban J connectivity index is 0.000000339. The molecule has 1 N–H and O–H groups in total. The van der Waals surface area contributed by atoms with E-state index in [2.05, 4.69) is 4.90 Å². The van der Waals surface area contributed by atoms with E-state index >= 15 is 0 Å². The molecule has 1 aliphatic carbocycles. The number of nitrogens with zero attached hydrogens (tertiary/aromatic N) is 2. The van der Waals surface area contributed by atoms with Gasteiger partial charge in [-0.3, -0.25) is 4.79 Å². The van der Waals surface area contributed by atoms with Crippen molar-refractivity contribution in [2.45, 2.75) is 50.1 Å². The summed E-state index contributed by atoms with van der Waals surface area (Å²) in [5.41, 5.74) is 0.619. The molecule has 0 unspecified atom stereocenters. The number of hydrogen-bond acceptors (Lipinski definition) is 6. The Morgan fingerprint density at radius 2 is 1.90 bits per heavy atom. The molecule has 3 heterocycles. The number of aliphatic carboxylic acids is 1. The molecule has 174 valence electrons. The first-order valence-corrected chi connectivity index (χ1v) is 10.4. The summed E-state index contributed by atoms with van der Waals surface area (Å²) < 4.78 is 48.9. The Hall–Kier alpha value is -2.11. The van der Waals surface area contributed by atoms with Gasteiger partial charge in [0, 0.05) is 13.1 Å². The lowest BCUT2D eigenvalue weighted by Gasteiger charge is -2.39. The lowest BCUT2D eigenvalue weighted by atomic mass is 10.1. The van der Waals surface area contributed by atoms with Crippen molar-refractivity contribution in [2.75, 3.05) is 39.4 Å². The van der Waals surface area contributed by atoms with E-state index in [-0.39, 0.29) is 24.2 Å². The second kappa shape index (κ2) is 10.5. The van der Waals surface area contributed by atoms with E-state index in [1.165, 1.54) is 32.2 Å². The summed E-state index contributed by atoms with van der Waals surface area (Å²) in [7, 11) is 0. The highest BCUT2D eigenvalue weighted by molar-refractivity contribution is 5.94. The summed E-state index contributed by atoms with van der Waals surface area (Å²) >= 11 is 0. The third-order valence-corrected chi connectivity index (χ3v) is 5.75. The predicted octanol–water partition coefficient (Wildman–Crippen LogP) is 2.40. The smallest absolute Gasteiger partial charge is 0.475 e. The van der Waals surface area contributed by atoms with Gasteiger partial charge >= 0.3 is 12.1 Å². The van der Waals surface area contributed by atoms with E-state index in [0.29, 0.717) is 18.7 Å². The molecular formula is C20H27F3N2O6. The molecule has 0 radical (unpaired) electrons. The molecule has 1 aromatic rings. The number of carboxylic acid groups (broad SMARTS) is 1. The normalized spacial score (nSPS) is 26.3. The van der Waals surface area contributed by atoms with Gasteiger partial charge in [-0.1, -0.05) is 0 Å². The van der Waals surface area contributed by atoms with Crippen molar-refractivity contribution in [3.8, 4) is 0 Å². The van der Waals surface area contributed by atoms with Crippen LogP contribution in [0.25, 0.3) is 0 Å². The molecular weight excluding hydrogens is 421 g/mol. The number of alkyl halides is 3. The van der Waals surface area contributed by atoms with Crippen LogP contribution in [0.3, 0.4) is 0 Å². The van der Waals surface area contributed by atoms with Gasteiger partial charge in [-0.05, 0) is 44.8 Å². The van der Waals surface area contributed by atoms with Crippen LogP contribution in [0, 0.1) is 0 Å². The third kappa shape index (κ3) is 6.20. The van der Waals surface area contributed by atoms with Crippen LogP contribution in [-0.2, 0) is 14.3 Å². The molecule has 1 amide bonds. The number of halogens is 3. The summed E-state index contributed by atoms with van der Waals surface area (Å²) in [6, 6.07) is 1.85. The molecule has 11 heteroatoms. The first-order chi connectivity index (χ1) is 14.8. The number of morpholine rings is 1. The average molecular weight is 448 g/mol. The van der Waals surface area contributed by atoms with Crippen molar-refractivity contribution in [1.82, 2.24) is 9.80 Å². The molecule has 31 heavy (non-hydrogen) atoms. The number of carbonyl (C=O) groups excluding carboxylic acids is 1. The summed E-state index contributed by atoms with van der Waals surface area (Å²) in [5, 5.41) is 7.12. The Labute approximate surface area is 177 Å². The van der Waals surface area contributed by atoms with Crippen molar-refractivity contribution in [3.63, 3.8) is 0 Å². The molecule has 3 atom stereocenters. The van der Waals surface area contributed by atoms with Gasteiger partial charge in [-0.15, -0.1) is 0 Å². The summed E-state index contributed by atoms with van der Waals surface area (Å²) in [6.07, 6.45) is 2.62. The number of rotatable bonds is 5. The van der Waals surface area contributed by atoms with Gasteiger partial charge in [-0.2, -0.15) is 13.2 Å². The molecule has 8 nitrogen and oxygen atoms in total. The van der Waals surface area contributed by atoms with Crippen LogP contribution < -0.4 is 0 Å². The predicted molar refractivity (Wildman–Crippen MR) is 102 cm³/mol. The molecule has 4 rings (SSSR count). The van der Waals surface area contributed by atoms with Gasteiger partial charge in [0.1, 0.15) is 12.4 Å². The largest absolute Gasteiger partial charge is 0.490 e. The molecule has 3 fully saturated rings. The SMILES string of the molecule is O=C(O)C(F)(F)F.O=C(c1ccoc1)N1CCO[C@H]2[C@H](OCCN3CCCC3)CC[C@@H]21. The number of carbonyl (C=O) groups is 2. The second-order valence-electron chi connectivity index (χ2n) is 7.75. The number of amides is 1. The fraction of sp³-hybridized carbons (Fsp3) is 0.700. The molecule has 1 saturated carbocycles. The van der Waals surface area contributed by atoms with Gasteiger partial charge in [0.15, 0.2) is 0 Å². The Morgan fingerprint density at radius 1 is 1.19 bits per heavy atom. The van der Waals surface area contributed by atoms with Crippen molar-refractivity contribution < 1.29 is 41.8 Å². The maximum Gasteiger partial charge on any atom is 0.490 e. The van der Waals surface area contributed by atoms with Crippen LogP contribution in [0.15, 0.2) is 23.0 Å². The lowest BCUT2D eigenvalue weighted by Crippen LogP contribution is -2.54. The van der Waals surface area contributed by atoms with E-state index in [1.54, 1.807) is 12.3 Å². The van der Waals surface area contributed by atoms with Gasteiger partial charge in [0.2, 0.25) is 0 Å². The zero-order valence-corrected chi connectivity index (χ0v) is 17.1. The molecule has 2 aliphatic heterocycles. The number of carboxylic acids is 1. The Bertz CT molecular complexity index is 721. The topological polar surface area (TPSA) is 92.4 Å². The Morgan fingerprint density at radius 3 is 2.52 bits per heavy atom. The molecule has 1 aromatic heterocycles. The van der Waals surface area contributed by atoms with Crippen molar-refractivity contribution in [2.24, 2.45) is 0 Å². The van der Waals surface area contributed by atoms with E-state index in [0.717, 1.165) is 26.0 Å². The van der Waals surface area contributed by atoms with Crippen molar-refractivity contribution in [3.05, 3.63) is 24.2 Å². The Kier molecular flexibility index (Phi) is 7.95. The first-order valence-electron chi connectivity index (χ1n) is 10.4. The zero-order chi connectivity index (χ0) is 22.4. The highest BCUT2D eigenvalue weighted by atomic mass is 19.4. The number of ether oxygens (including phenoxy) is 2. The third-order valence-electron chi connectivity index (χ3n) is 5.75. The minimum atomic E-state index is -5.08. The monoisotopic (exact) mass is 448 g/mol. The number of fused-ring (bicyclic) bond motifs is 1. The number of likely N-dealkylation sites (tertiary alicyclic amines) is 1. The molecule has 2 saturated heterocycles.